The van der Waals surface area contributed by atoms with Crippen LogP contribution in [0.1, 0.15) is 102 Å². The van der Waals surface area contributed by atoms with E-state index in [1.807, 2.05) is 91.7 Å². The van der Waals surface area contributed by atoms with E-state index in [0.717, 1.165) is 92.8 Å². The van der Waals surface area contributed by atoms with Gasteiger partial charge in [-0.2, -0.15) is 9.13 Å². The van der Waals surface area contributed by atoms with Gasteiger partial charge in [0.05, 0.1) is 0 Å². The van der Waals surface area contributed by atoms with Gasteiger partial charge in [-0.15, -0.1) is 24.8 Å². The zero-order valence-corrected chi connectivity index (χ0v) is 55.7. The van der Waals surface area contributed by atoms with Gasteiger partial charge in [-0.05, 0) is 129 Å². The number of anilines is 4. The highest BCUT2D eigenvalue weighted by Gasteiger charge is 2.08. The number of hydrogen-bond donors (Lipinski definition) is 0. The van der Waals surface area contributed by atoms with E-state index in [-0.39, 0.29) is 24.8 Å². The van der Waals surface area contributed by atoms with Crippen molar-refractivity contribution in [2.45, 2.75) is 79.4 Å². The van der Waals surface area contributed by atoms with Crippen LogP contribution in [0.2, 0.25) is 0 Å². The predicted molar refractivity (Wildman–Crippen MR) is 377 cm³/mol. The number of pyridine rings is 3. The minimum Gasteiger partial charge on any atom is -0.374 e. The topological polar surface area (TPSA) is 58.7 Å². The van der Waals surface area contributed by atoms with E-state index in [1.165, 1.54) is 71.7 Å². The number of halogens is 2. The van der Waals surface area contributed by atoms with Crippen LogP contribution in [-0.4, -0.2) is 90.0 Å². The van der Waals surface area contributed by atoms with E-state index in [2.05, 4.69) is 235 Å². The molecule has 7 aromatic rings. The first-order valence-corrected chi connectivity index (χ1v) is 33.9. The average molecular weight is 1250 g/mol. The second kappa shape index (κ2) is 43.0. The molecule has 1 aliphatic carbocycles. The number of carbonyl (C=O) groups is 2. The molecule has 0 N–H and O–H groups in total. The molecule has 1 fully saturated rings. The van der Waals surface area contributed by atoms with Crippen LogP contribution in [0.25, 0.3) is 24.3 Å². The van der Waals surface area contributed by atoms with Crippen molar-refractivity contribution in [1.82, 2.24) is 0 Å². The van der Waals surface area contributed by atoms with Gasteiger partial charge in [0, 0.05) is 167 Å². The smallest absolute Gasteiger partial charge is 0.205 e. The van der Waals surface area contributed by atoms with Crippen LogP contribution in [0.5, 0.6) is 0 Å². The van der Waals surface area contributed by atoms with Gasteiger partial charge < -0.3 is 19.6 Å². The maximum absolute atomic E-state index is 10.7. The quantitative estimate of drug-likeness (QED) is 0.0215. The number of hydrogen-bond acceptors (Lipinski definition) is 10. The zero-order chi connectivity index (χ0) is 58.6. The summed E-state index contributed by atoms with van der Waals surface area (Å²) in [7, 11) is 16.2. The van der Waals surface area contributed by atoms with Crippen LogP contribution in [-0.2, 0) is 19.6 Å². The number of carbonyl (C=O) groups excluding carboxylic acids is 2. The van der Waals surface area contributed by atoms with E-state index in [1.54, 1.807) is 0 Å². The van der Waals surface area contributed by atoms with E-state index in [9.17, 15) is 9.59 Å². The van der Waals surface area contributed by atoms with E-state index >= 15 is 0 Å². The molecular weight excluding hydrogens is 1160 g/mol. The zero-order valence-electron chi connectivity index (χ0n) is 50.8. The van der Waals surface area contributed by atoms with Crippen LogP contribution < -0.4 is 33.3 Å². The molecule has 0 spiro atoms. The first-order chi connectivity index (χ1) is 40.0. The van der Waals surface area contributed by atoms with Gasteiger partial charge in [-0.3, -0.25) is 9.59 Å². The Kier molecular flexibility index (Phi) is 37.2. The fraction of sp³-hybridized carbons (Fsp3) is 0.348. The molecule has 0 bridgehead atoms. The van der Waals surface area contributed by atoms with Crippen LogP contribution >= 0.6 is 68.0 Å². The maximum atomic E-state index is 10.7. The summed E-state index contributed by atoms with van der Waals surface area (Å²) in [5, 5.41) is 0. The summed E-state index contributed by atoms with van der Waals surface area (Å²) in [6.07, 6.45) is 24.3. The van der Waals surface area contributed by atoms with Crippen molar-refractivity contribution >= 4 is 128 Å². The van der Waals surface area contributed by atoms with Crippen LogP contribution in [0.4, 0.5) is 22.7 Å². The molecular formula is C69H92Cl2N7O2S4+3. The molecule has 0 radical (unpaired) electrons. The van der Waals surface area contributed by atoms with Gasteiger partial charge in [-0.1, -0.05) is 106 Å². The molecule has 15 heteroatoms. The molecule has 450 valence electrons. The van der Waals surface area contributed by atoms with E-state index in [4.69, 9.17) is 0 Å². The van der Waals surface area contributed by atoms with Crippen molar-refractivity contribution < 1.29 is 23.3 Å². The normalized spacial score (nSPS) is 11.4. The van der Waals surface area contributed by atoms with Crippen molar-refractivity contribution in [1.29, 1.82) is 0 Å². The lowest BCUT2D eigenvalue weighted by atomic mass is 10.1. The first kappa shape index (κ1) is 72.6. The SMILES string of the molecule is C1CCCC1.CC[n+]1ccccc1/C=C/c1ccc(N(C)CCSSCCN(C)c2ccc(/C=C/c3cccc[n+]3CC)cc2)cc1.CC[n+]1ccccc1C.CN(CCSSCCN(C)c1ccc(C=O)cc1)c1ccc(C=O)cc1.Cl.Cl. The summed E-state index contributed by atoms with van der Waals surface area (Å²) in [5.41, 5.74) is 12.4. The maximum Gasteiger partial charge on any atom is 0.205 e. The lowest BCUT2D eigenvalue weighted by molar-refractivity contribution is -0.699. The number of aryl methyl sites for hydroxylation is 4. The first-order valence-electron chi connectivity index (χ1n) is 29.0. The molecule has 84 heavy (non-hydrogen) atoms. The third-order valence-electron chi connectivity index (χ3n) is 14.1. The molecule has 0 saturated heterocycles. The second-order valence-electron chi connectivity index (χ2n) is 20.0. The predicted octanol–water partition coefficient (Wildman–Crippen LogP) is 16.0. The Morgan fingerprint density at radius 3 is 0.905 bits per heavy atom. The molecule has 9 nitrogen and oxygen atoms in total. The molecule has 8 rings (SSSR count). The minimum absolute atomic E-state index is 0. The summed E-state index contributed by atoms with van der Waals surface area (Å²) >= 11 is 0. The number of rotatable bonds is 27. The molecule has 3 aromatic heterocycles. The van der Waals surface area contributed by atoms with E-state index < -0.39 is 0 Å². The van der Waals surface area contributed by atoms with Gasteiger partial charge in [0.25, 0.3) is 0 Å². The number of benzene rings is 4. The van der Waals surface area contributed by atoms with Crippen molar-refractivity contribution in [3.63, 3.8) is 0 Å². The van der Waals surface area contributed by atoms with E-state index in [0.29, 0.717) is 11.1 Å². The third kappa shape index (κ3) is 27.1. The molecule has 4 aromatic carbocycles. The third-order valence-corrected chi connectivity index (χ3v) is 18.8. The Bertz CT molecular complexity index is 2770. The summed E-state index contributed by atoms with van der Waals surface area (Å²) < 4.78 is 6.70. The molecule has 1 saturated carbocycles. The summed E-state index contributed by atoms with van der Waals surface area (Å²) in [6, 6.07) is 51.8. The summed E-state index contributed by atoms with van der Waals surface area (Å²) in [6.45, 7) is 15.6. The van der Waals surface area contributed by atoms with Crippen LogP contribution in [0, 0.1) is 6.92 Å². The average Bonchev–Trinajstić information content (AvgIpc) is 4.16. The monoisotopic (exact) mass is 1250 g/mol. The Balaban J connectivity index is 0.000000370. The van der Waals surface area contributed by atoms with Gasteiger partial charge in [-0.25, -0.2) is 4.57 Å². The van der Waals surface area contributed by atoms with Crippen LogP contribution in [0.3, 0.4) is 0 Å². The number of aromatic nitrogens is 3. The Morgan fingerprint density at radius 2 is 0.643 bits per heavy atom. The van der Waals surface area contributed by atoms with Crippen molar-refractivity contribution in [3.05, 3.63) is 210 Å². The molecule has 0 atom stereocenters. The number of aldehydes is 2. The van der Waals surface area contributed by atoms with Gasteiger partial charge in [0.1, 0.15) is 32.2 Å². The van der Waals surface area contributed by atoms with Crippen molar-refractivity contribution in [2.24, 2.45) is 0 Å². The molecule has 1 aliphatic rings. The van der Waals surface area contributed by atoms with Crippen LogP contribution in [0.15, 0.2) is 170 Å². The highest BCUT2D eigenvalue weighted by atomic mass is 35.5. The largest absolute Gasteiger partial charge is 0.374 e. The minimum atomic E-state index is 0. The summed E-state index contributed by atoms with van der Waals surface area (Å²) in [5.74, 6) is 4.26. The lowest BCUT2D eigenvalue weighted by Gasteiger charge is -2.20. The van der Waals surface area contributed by atoms with Gasteiger partial charge >= 0.3 is 0 Å². The van der Waals surface area contributed by atoms with Crippen molar-refractivity contribution in [3.8, 4) is 0 Å². The Labute approximate surface area is 533 Å². The summed E-state index contributed by atoms with van der Waals surface area (Å²) in [4.78, 5) is 30.5. The standard InChI is InChI=1S/C36H44N4S2.C20H24N2O2S2.C8H12N.C5H10.2ClH/c1-5-39-25-9-7-11-35(39)23-17-31-13-19-33(20-14-31)37(3)27-29-41-42-30-28-38(4)34-21-15-32(16-22-34)18-24-36-12-8-10-26-40(36)6-2;1-21(19-7-3-17(15-23)4-8-19)11-13-25-26-14-12-22(2)20-9-5-18(16-24)6-10-20;1-3-9-7-5-4-6-8(9)2;1-2-4-5-3-1;;/h7-26H,5-6,27-30H2,1-4H3;3-10,15-16H,11-14H2,1-2H3;4-7H,3H2,1-2H3;1-5H2;2*1H/q+2;;+1;;;. The molecule has 0 unspecified atom stereocenters. The fourth-order valence-corrected chi connectivity index (χ4v) is 12.9. The fourth-order valence-electron chi connectivity index (χ4n) is 8.76. The lowest BCUT2D eigenvalue weighted by Crippen LogP contribution is -2.34. The Hall–Kier alpha value is -5.67. The van der Waals surface area contributed by atoms with Crippen molar-refractivity contribution in [2.75, 3.05) is 97.0 Å². The Morgan fingerprint density at radius 1 is 0.369 bits per heavy atom. The second-order valence-corrected chi connectivity index (χ2v) is 25.4. The number of nitrogens with zero attached hydrogens (tertiary/aromatic N) is 7. The molecule has 0 aliphatic heterocycles. The highest BCUT2D eigenvalue weighted by molar-refractivity contribution is 8.77. The van der Waals surface area contributed by atoms with Gasteiger partial charge in [0.2, 0.25) is 11.4 Å². The molecule has 0 amide bonds. The highest BCUT2D eigenvalue weighted by Crippen LogP contribution is 2.25. The van der Waals surface area contributed by atoms with Gasteiger partial charge in [0.15, 0.2) is 24.3 Å². The molecule has 3 heterocycles.